The third-order valence-electron chi connectivity index (χ3n) is 2.33. The van der Waals surface area contributed by atoms with Gasteiger partial charge in [0.15, 0.2) is 5.82 Å². The highest BCUT2D eigenvalue weighted by Gasteiger charge is 2.03. The topological polar surface area (TPSA) is 55.6 Å². The summed E-state index contributed by atoms with van der Waals surface area (Å²) in [6.07, 6.45) is 4.39. The minimum atomic E-state index is 0.585. The van der Waals surface area contributed by atoms with Crippen LogP contribution in [0.15, 0.2) is 0 Å². The lowest BCUT2D eigenvalue weighted by molar-refractivity contribution is 0.495. The lowest BCUT2D eigenvalue weighted by Crippen LogP contribution is -2.26. The van der Waals surface area contributed by atoms with E-state index in [1.165, 1.54) is 11.2 Å². The number of nitrogens with zero attached hydrogens (tertiary/aromatic N) is 4. The highest BCUT2D eigenvalue weighted by Crippen LogP contribution is 2.01. The van der Waals surface area contributed by atoms with E-state index in [0.717, 1.165) is 31.6 Å². The Kier molecular flexibility index (Phi) is 5.25. The molecule has 1 heterocycles. The van der Waals surface area contributed by atoms with Gasteiger partial charge in [0.05, 0.1) is 7.05 Å². The smallest absolute Gasteiger partial charge is 0.174 e. The molecule has 1 atom stereocenters. The highest BCUT2D eigenvalue weighted by molar-refractivity contribution is 4.77. The van der Waals surface area contributed by atoms with E-state index in [0.29, 0.717) is 6.04 Å². The zero-order valence-corrected chi connectivity index (χ0v) is 9.90. The van der Waals surface area contributed by atoms with Crippen LogP contribution in [-0.2, 0) is 13.5 Å². The first-order chi connectivity index (χ1) is 7.22. The number of tetrazole rings is 1. The number of rotatable bonds is 7. The van der Waals surface area contributed by atoms with Crippen molar-refractivity contribution < 1.29 is 0 Å². The Bertz CT molecular complexity index is 271. The minimum absolute atomic E-state index is 0.585. The first-order valence-corrected chi connectivity index (χ1v) is 5.68. The van der Waals surface area contributed by atoms with Gasteiger partial charge in [-0.3, -0.25) is 0 Å². The van der Waals surface area contributed by atoms with Gasteiger partial charge in [-0.05, 0) is 37.9 Å². The first kappa shape index (κ1) is 12.1. The molecule has 0 aliphatic heterocycles. The summed E-state index contributed by atoms with van der Waals surface area (Å²) in [6, 6.07) is 0.585. The monoisotopic (exact) mass is 211 g/mol. The highest BCUT2D eigenvalue weighted by atomic mass is 15.6. The van der Waals surface area contributed by atoms with Gasteiger partial charge in [-0.2, -0.15) is 4.80 Å². The molecule has 0 saturated heterocycles. The molecule has 0 spiro atoms. The van der Waals surface area contributed by atoms with Crippen molar-refractivity contribution >= 4 is 0 Å². The third kappa shape index (κ3) is 4.88. The molecule has 1 rings (SSSR count). The van der Waals surface area contributed by atoms with Crippen molar-refractivity contribution in [3.63, 3.8) is 0 Å². The fourth-order valence-electron chi connectivity index (χ4n) is 1.48. The average Bonchev–Trinajstić information content (AvgIpc) is 2.61. The van der Waals surface area contributed by atoms with Crippen molar-refractivity contribution in [2.24, 2.45) is 7.05 Å². The van der Waals surface area contributed by atoms with Gasteiger partial charge < -0.3 is 5.32 Å². The maximum Gasteiger partial charge on any atom is 0.174 e. The molecule has 15 heavy (non-hydrogen) atoms. The van der Waals surface area contributed by atoms with E-state index in [4.69, 9.17) is 0 Å². The van der Waals surface area contributed by atoms with Crippen molar-refractivity contribution in [3.05, 3.63) is 5.82 Å². The number of hydrogen-bond donors (Lipinski definition) is 1. The SMILES string of the molecule is CCCNC(C)CCCc1nnn(C)n1. The van der Waals surface area contributed by atoms with Gasteiger partial charge >= 0.3 is 0 Å². The molecule has 0 amide bonds. The summed E-state index contributed by atoms with van der Waals surface area (Å²) >= 11 is 0. The molecule has 1 aromatic rings. The van der Waals surface area contributed by atoms with Gasteiger partial charge in [0, 0.05) is 12.5 Å². The van der Waals surface area contributed by atoms with Crippen molar-refractivity contribution in [2.75, 3.05) is 6.54 Å². The lowest BCUT2D eigenvalue weighted by Gasteiger charge is -2.11. The number of aryl methyl sites for hydroxylation is 2. The first-order valence-electron chi connectivity index (χ1n) is 5.68. The zero-order valence-electron chi connectivity index (χ0n) is 9.90. The van der Waals surface area contributed by atoms with Crippen molar-refractivity contribution in [1.29, 1.82) is 0 Å². The molecular weight excluding hydrogens is 190 g/mol. The van der Waals surface area contributed by atoms with Crippen LogP contribution >= 0.6 is 0 Å². The molecule has 0 fully saturated rings. The number of nitrogens with one attached hydrogen (secondary N) is 1. The van der Waals surface area contributed by atoms with Crippen LogP contribution in [0.25, 0.3) is 0 Å². The van der Waals surface area contributed by atoms with E-state index in [9.17, 15) is 0 Å². The quantitative estimate of drug-likeness (QED) is 0.728. The van der Waals surface area contributed by atoms with Gasteiger partial charge in [-0.1, -0.05) is 6.92 Å². The molecule has 0 bridgehead atoms. The van der Waals surface area contributed by atoms with Crippen LogP contribution < -0.4 is 5.32 Å². The summed E-state index contributed by atoms with van der Waals surface area (Å²) in [6.45, 7) is 5.51. The normalized spacial score (nSPS) is 13.0. The van der Waals surface area contributed by atoms with Crippen LogP contribution in [0.5, 0.6) is 0 Å². The van der Waals surface area contributed by atoms with Crippen LogP contribution in [0.1, 0.15) is 38.9 Å². The molecule has 0 aliphatic rings. The lowest BCUT2D eigenvalue weighted by atomic mass is 10.1. The largest absolute Gasteiger partial charge is 0.314 e. The van der Waals surface area contributed by atoms with Gasteiger partial charge in [0.1, 0.15) is 0 Å². The molecule has 5 nitrogen and oxygen atoms in total. The molecule has 0 saturated carbocycles. The second kappa shape index (κ2) is 6.50. The Balaban J connectivity index is 2.10. The van der Waals surface area contributed by atoms with Crippen LogP contribution in [0, 0.1) is 0 Å². The predicted molar refractivity (Wildman–Crippen MR) is 59.5 cm³/mol. The molecule has 1 N–H and O–H groups in total. The average molecular weight is 211 g/mol. The van der Waals surface area contributed by atoms with Crippen LogP contribution in [0.2, 0.25) is 0 Å². The van der Waals surface area contributed by atoms with Crippen molar-refractivity contribution in [1.82, 2.24) is 25.5 Å². The Morgan fingerprint density at radius 3 is 2.87 bits per heavy atom. The van der Waals surface area contributed by atoms with Crippen LogP contribution in [-0.4, -0.2) is 32.8 Å². The van der Waals surface area contributed by atoms with Gasteiger partial charge in [-0.15, -0.1) is 10.2 Å². The van der Waals surface area contributed by atoms with E-state index in [2.05, 4.69) is 34.6 Å². The molecule has 5 heteroatoms. The minimum Gasteiger partial charge on any atom is -0.314 e. The van der Waals surface area contributed by atoms with E-state index < -0.39 is 0 Å². The van der Waals surface area contributed by atoms with E-state index in [1.54, 1.807) is 7.05 Å². The Hall–Kier alpha value is -0.970. The van der Waals surface area contributed by atoms with Crippen molar-refractivity contribution in [2.45, 2.75) is 45.6 Å². The molecule has 1 aromatic heterocycles. The second-order valence-electron chi connectivity index (χ2n) is 3.94. The summed E-state index contributed by atoms with van der Waals surface area (Å²) in [5.41, 5.74) is 0. The van der Waals surface area contributed by atoms with Crippen LogP contribution in [0.4, 0.5) is 0 Å². The molecule has 0 radical (unpaired) electrons. The number of aromatic nitrogens is 4. The summed E-state index contributed by atoms with van der Waals surface area (Å²) in [4.78, 5) is 1.51. The van der Waals surface area contributed by atoms with Crippen molar-refractivity contribution in [3.8, 4) is 0 Å². The van der Waals surface area contributed by atoms with Gasteiger partial charge in [0.2, 0.25) is 0 Å². The standard InChI is InChI=1S/C10H21N5/c1-4-8-11-9(2)6-5-7-10-12-14-15(3)13-10/h9,11H,4-8H2,1-3H3. The molecular formula is C10H21N5. The van der Waals surface area contributed by atoms with Gasteiger partial charge in [-0.25, -0.2) is 0 Å². The fraction of sp³-hybridized carbons (Fsp3) is 0.900. The van der Waals surface area contributed by atoms with E-state index in [-0.39, 0.29) is 0 Å². The second-order valence-corrected chi connectivity index (χ2v) is 3.94. The molecule has 86 valence electrons. The predicted octanol–water partition coefficient (Wildman–Crippen LogP) is 0.921. The Morgan fingerprint density at radius 2 is 2.27 bits per heavy atom. The molecule has 0 aliphatic carbocycles. The summed E-state index contributed by atoms with van der Waals surface area (Å²) in [5, 5.41) is 15.4. The maximum absolute atomic E-state index is 4.14. The maximum atomic E-state index is 4.14. The van der Waals surface area contributed by atoms with Gasteiger partial charge in [0.25, 0.3) is 0 Å². The Labute approximate surface area is 91.2 Å². The molecule has 0 aromatic carbocycles. The summed E-state index contributed by atoms with van der Waals surface area (Å²) in [5.74, 6) is 0.847. The summed E-state index contributed by atoms with van der Waals surface area (Å²) in [7, 11) is 1.79. The zero-order chi connectivity index (χ0) is 11.1. The fourth-order valence-corrected chi connectivity index (χ4v) is 1.48. The van der Waals surface area contributed by atoms with E-state index in [1.807, 2.05) is 0 Å². The Morgan fingerprint density at radius 1 is 1.47 bits per heavy atom. The number of hydrogen-bond acceptors (Lipinski definition) is 4. The summed E-state index contributed by atoms with van der Waals surface area (Å²) < 4.78 is 0. The molecule has 1 unspecified atom stereocenters. The van der Waals surface area contributed by atoms with Crippen LogP contribution in [0.3, 0.4) is 0 Å². The third-order valence-corrected chi connectivity index (χ3v) is 2.33. The van der Waals surface area contributed by atoms with E-state index >= 15 is 0 Å².